The molecule has 1 aromatic heterocycles. The molecule has 1 N–H and O–H groups in total. The molecule has 6 heteroatoms. The van der Waals surface area contributed by atoms with Crippen molar-refractivity contribution in [2.24, 2.45) is 0 Å². The number of hydrogen-bond donors (Lipinski definition) is 1. The third-order valence-electron chi connectivity index (χ3n) is 1.78. The van der Waals surface area contributed by atoms with Crippen LogP contribution in [0.3, 0.4) is 0 Å². The van der Waals surface area contributed by atoms with E-state index in [-0.39, 0.29) is 11.6 Å². The summed E-state index contributed by atoms with van der Waals surface area (Å²) in [6.07, 6.45) is -4.86. The van der Waals surface area contributed by atoms with Gasteiger partial charge in [-0.1, -0.05) is 0 Å². The number of alkyl halides is 3. The summed E-state index contributed by atoms with van der Waals surface area (Å²) in [5.41, 5.74) is -0.230. The number of aromatic nitrogens is 2. The average Bonchev–Trinajstić information content (AvgIpc) is 2.48. The Morgan fingerprint density at radius 1 is 1.43 bits per heavy atom. The van der Waals surface area contributed by atoms with Gasteiger partial charge in [-0.2, -0.15) is 18.3 Å². The predicted octanol–water partition coefficient (Wildman–Crippen LogP) is 2.06. The highest BCUT2D eigenvalue weighted by Crippen LogP contribution is 2.32. The van der Waals surface area contributed by atoms with Gasteiger partial charge in [0, 0.05) is 17.8 Å². The molecule has 0 amide bonds. The quantitative estimate of drug-likeness (QED) is 0.807. The van der Waals surface area contributed by atoms with E-state index in [9.17, 15) is 13.2 Å². The Hall–Kier alpha value is -1.04. The SMILES string of the molecule is CC(C)n1cc(C(O)C(F)(F)F)cn1. The molecule has 0 aliphatic carbocycles. The first-order valence-electron chi connectivity index (χ1n) is 4.11. The Balaban J connectivity index is 2.87. The van der Waals surface area contributed by atoms with Crippen LogP contribution in [-0.4, -0.2) is 21.1 Å². The summed E-state index contributed by atoms with van der Waals surface area (Å²) in [6, 6.07) is -0.0239. The monoisotopic (exact) mass is 208 g/mol. The third kappa shape index (κ3) is 2.25. The predicted molar refractivity (Wildman–Crippen MR) is 43.6 cm³/mol. The zero-order valence-electron chi connectivity index (χ0n) is 7.78. The van der Waals surface area contributed by atoms with Crippen molar-refractivity contribution in [1.82, 2.24) is 9.78 Å². The summed E-state index contributed by atoms with van der Waals surface area (Å²) in [5.74, 6) is 0. The lowest BCUT2D eigenvalue weighted by Crippen LogP contribution is -2.19. The Kier molecular flexibility index (Phi) is 2.84. The van der Waals surface area contributed by atoms with Crippen LogP contribution in [0.2, 0.25) is 0 Å². The average molecular weight is 208 g/mol. The minimum Gasteiger partial charge on any atom is -0.379 e. The molecule has 0 radical (unpaired) electrons. The minimum atomic E-state index is -4.63. The molecule has 0 saturated carbocycles. The van der Waals surface area contributed by atoms with Crippen molar-refractivity contribution in [3.63, 3.8) is 0 Å². The van der Waals surface area contributed by atoms with Crippen LogP contribution in [0.1, 0.15) is 31.6 Å². The molecule has 14 heavy (non-hydrogen) atoms. The smallest absolute Gasteiger partial charge is 0.379 e. The number of nitrogens with zero attached hydrogens (tertiary/aromatic N) is 2. The topological polar surface area (TPSA) is 38.0 Å². The fourth-order valence-electron chi connectivity index (χ4n) is 0.965. The largest absolute Gasteiger partial charge is 0.418 e. The van der Waals surface area contributed by atoms with Crippen molar-refractivity contribution in [2.75, 3.05) is 0 Å². The molecular formula is C8H11F3N2O. The van der Waals surface area contributed by atoms with Crippen molar-refractivity contribution in [2.45, 2.75) is 32.2 Å². The summed E-state index contributed by atoms with van der Waals surface area (Å²) in [5, 5.41) is 12.6. The lowest BCUT2D eigenvalue weighted by atomic mass is 10.2. The molecule has 1 rings (SSSR count). The van der Waals surface area contributed by atoms with E-state index in [1.54, 1.807) is 13.8 Å². The summed E-state index contributed by atoms with van der Waals surface area (Å²) in [6.45, 7) is 3.58. The molecule has 0 aliphatic heterocycles. The van der Waals surface area contributed by atoms with Gasteiger partial charge in [-0.3, -0.25) is 4.68 Å². The molecule has 0 bridgehead atoms. The lowest BCUT2D eigenvalue weighted by molar-refractivity contribution is -0.206. The van der Waals surface area contributed by atoms with E-state index in [4.69, 9.17) is 5.11 Å². The summed E-state index contributed by atoms with van der Waals surface area (Å²) >= 11 is 0. The second-order valence-corrected chi connectivity index (χ2v) is 3.29. The molecule has 1 unspecified atom stereocenters. The second kappa shape index (κ2) is 3.61. The highest BCUT2D eigenvalue weighted by molar-refractivity contribution is 5.10. The fourth-order valence-corrected chi connectivity index (χ4v) is 0.965. The molecule has 80 valence electrons. The fraction of sp³-hybridized carbons (Fsp3) is 0.625. The van der Waals surface area contributed by atoms with E-state index in [0.29, 0.717) is 0 Å². The minimum absolute atomic E-state index is 0.0239. The number of aliphatic hydroxyl groups excluding tert-OH is 1. The van der Waals surface area contributed by atoms with Crippen molar-refractivity contribution >= 4 is 0 Å². The van der Waals surface area contributed by atoms with E-state index in [1.165, 1.54) is 10.9 Å². The van der Waals surface area contributed by atoms with E-state index in [0.717, 1.165) is 6.20 Å². The zero-order valence-corrected chi connectivity index (χ0v) is 7.78. The third-order valence-corrected chi connectivity index (χ3v) is 1.78. The maximum Gasteiger partial charge on any atom is 0.418 e. The van der Waals surface area contributed by atoms with Crippen LogP contribution >= 0.6 is 0 Å². The number of hydrogen-bond acceptors (Lipinski definition) is 2. The van der Waals surface area contributed by atoms with Crippen molar-refractivity contribution < 1.29 is 18.3 Å². The summed E-state index contributed by atoms with van der Waals surface area (Å²) in [7, 11) is 0. The Bertz CT molecular complexity index is 306. The Morgan fingerprint density at radius 2 is 2.00 bits per heavy atom. The Labute approximate surface area is 79.2 Å². The van der Waals surface area contributed by atoms with Gasteiger partial charge < -0.3 is 5.11 Å². The van der Waals surface area contributed by atoms with Crippen molar-refractivity contribution in [3.05, 3.63) is 18.0 Å². The van der Waals surface area contributed by atoms with Crippen LogP contribution in [0.4, 0.5) is 13.2 Å². The zero-order chi connectivity index (χ0) is 10.9. The molecule has 0 fully saturated rings. The maximum absolute atomic E-state index is 12.1. The molecule has 0 aliphatic rings. The van der Waals surface area contributed by atoms with Gasteiger partial charge in [0.05, 0.1) is 6.20 Å². The van der Waals surface area contributed by atoms with E-state index in [1.807, 2.05) is 0 Å². The molecular weight excluding hydrogens is 197 g/mol. The van der Waals surface area contributed by atoms with Crippen molar-refractivity contribution in [1.29, 1.82) is 0 Å². The molecule has 1 atom stereocenters. The first-order chi connectivity index (χ1) is 6.32. The molecule has 3 nitrogen and oxygen atoms in total. The van der Waals surface area contributed by atoms with Gasteiger partial charge in [-0.05, 0) is 13.8 Å². The number of aliphatic hydroxyl groups is 1. The van der Waals surface area contributed by atoms with Gasteiger partial charge in [-0.15, -0.1) is 0 Å². The lowest BCUT2D eigenvalue weighted by Gasteiger charge is -2.12. The van der Waals surface area contributed by atoms with Gasteiger partial charge in [0.15, 0.2) is 6.10 Å². The van der Waals surface area contributed by atoms with Gasteiger partial charge in [0.2, 0.25) is 0 Å². The second-order valence-electron chi connectivity index (χ2n) is 3.29. The molecule has 0 spiro atoms. The standard InChI is InChI=1S/C8H11F3N2O/c1-5(2)13-4-6(3-12-13)7(14)8(9,10)11/h3-5,7,14H,1-2H3. The van der Waals surface area contributed by atoms with E-state index >= 15 is 0 Å². The molecule has 0 aromatic carbocycles. The first kappa shape index (κ1) is 11.0. The van der Waals surface area contributed by atoms with Crippen LogP contribution in [0.15, 0.2) is 12.4 Å². The molecule has 1 heterocycles. The van der Waals surface area contributed by atoms with Crippen LogP contribution in [-0.2, 0) is 0 Å². The highest BCUT2D eigenvalue weighted by atomic mass is 19.4. The highest BCUT2D eigenvalue weighted by Gasteiger charge is 2.40. The van der Waals surface area contributed by atoms with Crippen LogP contribution in [0.25, 0.3) is 0 Å². The number of rotatable bonds is 2. The number of halogens is 3. The van der Waals surface area contributed by atoms with E-state index in [2.05, 4.69) is 5.10 Å². The molecule has 1 aromatic rings. The van der Waals surface area contributed by atoms with Gasteiger partial charge in [-0.25, -0.2) is 0 Å². The van der Waals surface area contributed by atoms with Crippen molar-refractivity contribution in [3.8, 4) is 0 Å². The van der Waals surface area contributed by atoms with E-state index < -0.39 is 12.3 Å². The Morgan fingerprint density at radius 3 is 2.36 bits per heavy atom. The van der Waals surface area contributed by atoms with Gasteiger partial charge in [0.1, 0.15) is 0 Å². The molecule has 0 saturated heterocycles. The van der Waals surface area contributed by atoms with Crippen LogP contribution < -0.4 is 0 Å². The normalized spacial score (nSPS) is 14.8. The summed E-state index contributed by atoms with van der Waals surface area (Å²) < 4.78 is 37.5. The summed E-state index contributed by atoms with van der Waals surface area (Å²) in [4.78, 5) is 0. The van der Waals surface area contributed by atoms with Gasteiger partial charge >= 0.3 is 6.18 Å². The first-order valence-corrected chi connectivity index (χ1v) is 4.11. The van der Waals surface area contributed by atoms with Crippen LogP contribution in [0, 0.1) is 0 Å². The van der Waals surface area contributed by atoms with Gasteiger partial charge in [0.25, 0.3) is 0 Å². The maximum atomic E-state index is 12.1. The van der Waals surface area contributed by atoms with Crippen LogP contribution in [0.5, 0.6) is 0 Å².